The maximum atomic E-state index is 13.9. The normalized spacial score (nSPS) is 21.5. The molecule has 0 spiro atoms. The van der Waals surface area contributed by atoms with Gasteiger partial charge in [-0.3, -0.25) is 14.7 Å². The predicted octanol–water partition coefficient (Wildman–Crippen LogP) is 3.13. The summed E-state index contributed by atoms with van der Waals surface area (Å²) in [6.07, 6.45) is 5.59. The van der Waals surface area contributed by atoms with Gasteiger partial charge in [0.15, 0.2) is 0 Å². The lowest BCUT2D eigenvalue weighted by molar-refractivity contribution is -0.149. The Morgan fingerprint density at radius 2 is 1.87 bits per heavy atom. The number of nitrogens with one attached hydrogen (secondary N) is 1. The predicted molar refractivity (Wildman–Crippen MR) is 111 cm³/mol. The molecular weight excluding hydrogens is 383 g/mol. The number of aromatic amines is 1. The Kier molecular flexibility index (Phi) is 5.88. The lowest BCUT2D eigenvalue weighted by Gasteiger charge is -2.45. The van der Waals surface area contributed by atoms with Gasteiger partial charge in [-0.25, -0.2) is 4.39 Å². The van der Waals surface area contributed by atoms with Gasteiger partial charge in [-0.05, 0) is 55.9 Å². The Hall–Kier alpha value is -2.70. The monoisotopic (exact) mass is 412 g/mol. The van der Waals surface area contributed by atoms with Crippen molar-refractivity contribution in [2.45, 2.75) is 44.9 Å². The molecule has 3 heterocycles. The summed E-state index contributed by atoms with van der Waals surface area (Å²) in [5, 5.41) is 7.11. The molecule has 2 aromatic rings. The van der Waals surface area contributed by atoms with Crippen LogP contribution in [-0.2, 0) is 16.0 Å². The molecule has 0 unspecified atom stereocenters. The molecule has 2 aliphatic rings. The van der Waals surface area contributed by atoms with E-state index in [1.165, 1.54) is 12.1 Å². The maximum Gasteiger partial charge on any atom is 0.229 e. The molecule has 4 rings (SSSR count). The van der Waals surface area contributed by atoms with E-state index in [-0.39, 0.29) is 23.5 Å². The number of carbonyl (C=O) groups excluding carboxylic acids is 2. The third-order valence-electron chi connectivity index (χ3n) is 6.75. The SMILES string of the molecule is CC(=O)N1CCC(Cc2ccc(F)cc2)(C(=O)N2CCC[C@@H](c3ccn[nH]3)C2)CC1. The van der Waals surface area contributed by atoms with Gasteiger partial charge in [0, 0.05) is 50.9 Å². The lowest BCUT2D eigenvalue weighted by atomic mass is 9.72. The number of benzene rings is 1. The molecule has 6 nitrogen and oxygen atoms in total. The molecule has 7 heteroatoms. The van der Waals surface area contributed by atoms with Crippen LogP contribution in [0.3, 0.4) is 0 Å². The first-order chi connectivity index (χ1) is 14.5. The number of likely N-dealkylation sites (tertiary alicyclic amines) is 2. The number of aromatic nitrogens is 2. The average Bonchev–Trinajstić information content (AvgIpc) is 3.30. The van der Waals surface area contributed by atoms with E-state index >= 15 is 0 Å². The fourth-order valence-electron chi connectivity index (χ4n) is 4.95. The second-order valence-corrected chi connectivity index (χ2v) is 8.69. The molecule has 1 N–H and O–H groups in total. The minimum Gasteiger partial charge on any atom is -0.343 e. The summed E-state index contributed by atoms with van der Waals surface area (Å²) < 4.78 is 13.4. The van der Waals surface area contributed by atoms with Crippen molar-refractivity contribution < 1.29 is 14.0 Å². The van der Waals surface area contributed by atoms with Crippen LogP contribution in [0.15, 0.2) is 36.5 Å². The Morgan fingerprint density at radius 1 is 1.13 bits per heavy atom. The summed E-state index contributed by atoms with van der Waals surface area (Å²) in [6.45, 7) is 4.18. The van der Waals surface area contributed by atoms with Gasteiger partial charge in [-0.1, -0.05) is 12.1 Å². The number of piperidine rings is 2. The Morgan fingerprint density at radius 3 is 2.50 bits per heavy atom. The van der Waals surface area contributed by atoms with Crippen molar-refractivity contribution in [2.75, 3.05) is 26.2 Å². The topological polar surface area (TPSA) is 69.3 Å². The zero-order valence-corrected chi connectivity index (χ0v) is 17.4. The van der Waals surface area contributed by atoms with Crippen molar-refractivity contribution in [1.82, 2.24) is 20.0 Å². The van der Waals surface area contributed by atoms with E-state index in [1.807, 2.05) is 15.9 Å². The van der Waals surface area contributed by atoms with Crippen LogP contribution in [0, 0.1) is 11.2 Å². The number of halogens is 1. The quantitative estimate of drug-likeness (QED) is 0.839. The number of carbonyl (C=O) groups is 2. The summed E-state index contributed by atoms with van der Waals surface area (Å²) in [4.78, 5) is 29.5. The van der Waals surface area contributed by atoms with Crippen LogP contribution in [0.5, 0.6) is 0 Å². The molecule has 2 aliphatic heterocycles. The van der Waals surface area contributed by atoms with Gasteiger partial charge >= 0.3 is 0 Å². The van der Waals surface area contributed by atoms with E-state index in [0.29, 0.717) is 38.9 Å². The molecule has 2 fully saturated rings. The summed E-state index contributed by atoms with van der Waals surface area (Å²) in [5.41, 5.74) is 1.48. The Labute approximate surface area is 176 Å². The van der Waals surface area contributed by atoms with Crippen LogP contribution in [0.4, 0.5) is 4.39 Å². The highest BCUT2D eigenvalue weighted by atomic mass is 19.1. The van der Waals surface area contributed by atoms with Gasteiger partial charge < -0.3 is 9.80 Å². The zero-order valence-electron chi connectivity index (χ0n) is 17.4. The van der Waals surface area contributed by atoms with E-state index < -0.39 is 5.41 Å². The van der Waals surface area contributed by atoms with Gasteiger partial charge in [-0.15, -0.1) is 0 Å². The fraction of sp³-hybridized carbons (Fsp3) is 0.522. The molecule has 30 heavy (non-hydrogen) atoms. The third kappa shape index (κ3) is 4.25. The molecule has 1 aromatic heterocycles. The molecule has 0 aliphatic carbocycles. The number of H-pyrrole nitrogens is 1. The highest BCUT2D eigenvalue weighted by molar-refractivity contribution is 5.84. The van der Waals surface area contributed by atoms with E-state index in [0.717, 1.165) is 30.6 Å². The Balaban J connectivity index is 1.56. The highest BCUT2D eigenvalue weighted by Gasteiger charge is 2.45. The van der Waals surface area contributed by atoms with Crippen molar-refractivity contribution >= 4 is 11.8 Å². The standard InChI is InChI=1S/C23H29FN4O2/c1-17(29)27-13-9-23(10-14-27,15-18-4-6-20(24)7-5-18)22(30)28-12-2-3-19(16-28)21-8-11-25-26-21/h4-8,11,19H,2-3,9-10,12-16H2,1H3,(H,25,26)/t19-/m1/s1. The van der Waals surface area contributed by atoms with Gasteiger partial charge in [0.1, 0.15) is 5.82 Å². The van der Waals surface area contributed by atoms with Crippen LogP contribution < -0.4 is 0 Å². The summed E-state index contributed by atoms with van der Waals surface area (Å²) in [5.74, 6) is 0.212. The third-order valence-corrected chi connectivity index (χ3v) is 6.75. The number of rotatable bonds is 4. The number of hydrogen-bond acceptors (Lipinski definition) is 3. The van der Waals surface area contributed by atoms with Crippen LogP contribution in [0.1, 0.15) is 49.8 Å². The number of hydrogen-bond donors (Lipinski definition) is 1. The van der Waals surface area contributed by atoms with Crippen molar-refractivity contribution in [3.8, 4) is 0 Å². The number of nitrogens with zero attached hydrogens (tertiary/aromatic N) is 3. The summed E-state index contributed by atoms with van der Waals surface area (Å²) in [6, 6.07) is 8.43. The molecule has 0 saturated carbocycles. The summed E-state index contributed by atoms with van der Waals surface area (Å²) >= 11 is 0. The first-order valence-corrected chi connectivity index (χ1v) is 10.8. The second kappa shape index (κ2) is 8.58. The van der Waals surface area contributed by atoms with Gasteiger partial charge in [0.25, 0.3) is 0 Å². The van der Waals surface area contributed by atoms with E-state index in [1.54, 1.807) is 25.3 Å². The molecule has 2 saturated heterocycles. The first-order valence-electron chi connectivity index (χ1n) is 10.8. The minimum atomic E-state index is -0.556. The minimum absolute atomic E-state index is 0.0510. The Bertz CT molecular complexity index is 873. The van der Waals surface area contributed by atoms with Crippen LogP contribution in [0.2, 0.25) is 0 Å². The van der Waals surface area contributed by atoms with Crippen molar-refractivity contribution in [1.29, 1.82) is 0 Å². The van der Waals surface area contributed by atoms with Gasteiger partial charge in [-0.2, -0.15) is 5.10 Å². The first kappa shape index (κ1) is 20.6. The highest BCUT2D eigenvalue weighted by Crippen LogP contribution is 2.39. The van der Waals surface area contributed by atoms with Crippen LogP contribution in [-0.4, -0.2) is 58.0 Å². The molecule has 160 valence electrons. The smallest absolute Gasteiger partial charge is 0.229 e. The lowest BCUT2D eigenvalue weighted by Crippen LogP contribution is -2.53. The largest absolute Gasteiger partial charge is 0.343 e. The second-order valence-electron chi connectivity index (χ2n) is 8.69. The molecular formula is C23H29FN4O2. The average molecular weight is 413 g/mol. The molecule has 1 atom stereocenters. The molecule has 0 bridgehead atoms. The maximum absolute atomic E-state index is 13.9. The van der Waals surface area contributed by atoms with E-state index in [2.05, 4.69) is 10.2 Å². The van der Waals surface area contributed by atoms with Crippen molar-refractivity contribution in [3.63, 3.8) is 0 Å². The van der Waals surface area contributed by atoms with Crippen molar-refractivity contribution in [3.05, 3.63) is 53.6 Å². The van der Waals surface area contributed by atoms with E-state index in [4.69, 9.17) is 0 Å². The molecule has 0 radical (unpaired) electrons. The fourth-order valence-corrected chi connectivity index (χ4v) is 4.95. The number of amides is 2. The van der Waals surface area contributed by atoms with Crippen LogP contribution >= 0.6 is 0 Å². The van der Waals surface area contributed by atoms with Gasteiger partial charge in [0.05, 0.1) is 5.41 Å². The van der Waals surface area contributed by atoms with E-state index in [9.17, 15) is 14.0 Å². The van der Waals surface area contributed by atoms with Crippen molar-refractivity contribution in [2.24, 2.45) is 5.41 Å². The molecule has 1 aromatic carbocycles. The molecule has 2 amide bonds. The van der Waals surface area contributed by atoms with Gasteiger partial charge in [0.2, 0.25) is 11.8 Å². The zero-order chi connectivity index (χ0) is 21.1. The summed E-state index contributed by atoms with van der Waals surface area (Å²) in [7, 11) is 0. The van der Waals surface area contributed by atoms with Crippen LogP contribution in [0.25, 0.3) is 0 Å².